The van der Waals surface area contributed by atoms with Gasteiger partial charge in [0, 0.05) is 19.3 Å². The van der Waals surface area contributed by atoms with Crippen LogP contribution in [0, 0.1) is 5.92 Å². The zero-order valence-electron chi connectivity index (χ0n) is 20.2. The van der Waals surface area contributed by atoms with Crippen LogP contribution >= 0.6 is 0 Å². The molecule has 0 fully saturated rings. The lowest BCUT2D eigenvalue weighted by molar-refractivity contribution is -0.443. The highest BCUT2D eigenvalue weighted by atomic mass is 19.4. The van der Waals surface area contributed by atoms with Crippen LogP contribution in [0.25, 0.3) is 0 Å². The molecule has 0 bridgehead atoms. The second-order valence-corrected chi connectivity index (χ2v) is 9.02. The molecule has 0 N–H and O–H groups in total. The van der Waals surface area contributed by atoms with Crippen molar-refractivity contribution in [2.75, 3.05) is 0 Å². The number of aldehydes is 1. The first-order valence-corrected chi connectivity index (χ1v) is 10.5. The van der Waals surface area contributed by atoms with Crippen molar-refractivity contribution in [1.82, 2.24) is 0 Å². The summed E-state index contributed by atoms with van der Waals surface area (Å²) in [6.07, 6.45) is -28.1. The number of hydrogen-bond donors (Lipinski definition) is 0. The molecule has 0 saturated carbocycles. The van der Waals surface area contributed by atoms with E-state index < -0.39 is 109 Å². The second-order valence-electron chi connectivity index (χ2n) is 9.02. The second kappa shape index (κ2) is 11.5. The molecule has 0 amide bonds. The van der Waals surface area contributed by atoms with E-state index in [1.807, 2.05) is 0 Å². The van der Waals surface area contributed by atoms with Crippen molar-refractivity contribution in [2.45, 2.75) is 97.3 Å². The fourth-order valence-electron chi connectivity index (χ4n) is 3.17. The summed E-state index contributed by atoms with van der Waals surface area (Å²) < 4.78 is 343. The molecule has 27 heteroatoms. The van der Waals surface area contributed by atoms with Gasteiger partial charge in [-0.25, -0.2) is 0 Å². The minimum absolute atomic E-state index is 0.696. The molecule has 0 aliphatic heterocycles. The van der Waals surface area contributed by atoms with E-state index in [0.717, 1.165) is 0 Å². The summed E-state index contributed by atoms with van der Waals surface area (Å²) >= 11 is 0. The Balaban J connectivity index is 6.90. The predicted molar refractivity (Wildman–Crippen MR) is 89.6 cm³/mol. The van der Waals surface area contributed by atoms with Gasteiger partial charge in [0.05, 0.1) is 0 Å². The molecular formula is C18H10F26O. The summed E-state index contributed by atoms with van der Waals surface area (Å²) in [7, 11) is 0. The summed E-state index contributed by atoms with van der Waals surface area (Å²) in [6, 6.07) is 0. The van der Waals surface area contributed by atoms with Gasteiger partial charge in [-0.3, -0.25) is 0 Å². The largest absolute Gasteiger partial charge is 0.460 e. The Hall–Kier alpha value is -2.15. The maximum Gasteiger partial charge on any atom is 0.460 e. The smallest absolute Gasteiger partial charge is 0.303 e. The van der Waals surface area contributed by atoms with Gasteiger partial charge in [0.2, 0.25) is 0 Å². The normalized spacial score (nSPS) is 16.4. The van der Waals surface area contributed by atoms with Gasteiger partial charge in [0.1, 0.15) is 6.29 Å². The third-order valence-corrected chi connectivity index (χ3v) is 5.78. The van der Waals surface area contributed by atoms with Gasteiger partial charge in [0.15, 0.2) is 0 Å². The fraction of sp³-hybridized carbons (Fsp3) is 0.944. The molecule has 45 heavy (non-hydrogen) atoms. The zero-order chi connectivity index (χ0) is 37.1. The molecule has 0 aromatic carbocycles. The summed E-state index contributed by atoms with van der Waals surface area (Å²) in [4.78, 5) is 10.3. The average molecular weight is 736 g/mol. The van der Waals surface area contributed by atoms with Crippen LogP contribution in [0.15, 0.2) is 0 Å². The van der Waals surface area contributed by atoms with Gasteiger partial charge in [-0.15, -0.1) is 0 Å². The van der Waals surface area contributed by atoms with Crippen molar-refractivity contribution in [3.8, 4) is 0 Å². The predicted octanol–water partition coefficient (Wildman–Crippen LogP) is 9.84. The monoisotopic (exact) mass is 736 g/mol. The van der Waals surface area contributed by atoms with E-state index in [1.165, 1.54) is 0 Å². The first-order chi connectivity index (χ1) is 19.1. The molecule has 0 aliphatic rings. The highest BCUT2D eigenvalue weighted by molar-refractivity contribution is 5.49. The van der Waals surface area contributed by atoms with E-state index in [9.17, 15) is 119 Å². The lowest BCUT2D eigenvalue weighted by Crippen LogP contribution is -2.70. The van der Waals surface area contributed by atoms with Gasteiger partial charge in [-0.05, 0) is 12.3 Å². The van der Waals surface area contributed by atoms with Crippen LogP contribution in [0.3, 0.4) is 0 Å². The van der Waals surface area contributed by atoms with E-state index in [4.69, 9.17) is 0 Å². The summed E-state index contributed by atoms with van der Waals surface area (Å²) in [5.41, 5.74) is 0. The summed E-state index contributed by atoms with van der Waals surface area (Å²) in [6.45, 7) is 0. The van der Waals surface area contributed by atoms with Gasteiger partial charge in [-0.2, -0.15) is 114 Å². The van der Waals surface area contributed by atoms with E-state index in [0.29, 0.717) is 0 Å². The molecule has 0 aromatic heterocycles. The highest BCUT2D eigenvalue weighted by Crippen LogP contribution is 2.63. The van der Waals surface area contributed by atoms with Crippen LogP contribution in [0.2, 0.25) is 0 Å². The van der Waals surface area contributed by atoms with Crippen LogP contribution in [-0.2, 0) is 4.79 Å². The van der Waals surface area contributed by atoms with E-state index in [2.05, 4.69) is 0 Å². The quantitative estimate of drug-likeness (QED) is 0.121. The van der Waals surface area contributed by atoms with Crippen LogP contribution < -0.4 is 0 Å². The van der Waals surface area contributed by atoms with Gasteiger partial charge in [0.25, 0.3) is 0 Å². The molecule has 0 atom stereocenters. The maximum absolute atomic E-state index is 14.1. The standard InChI is InChI=1S/C18H10F26O/c19-7(20,9(23,24)11(27,28)13(31,32)15(35,36)17(39,40)41)4-6(2-1-3-45)5-8(21,22)10(25,26)12(29,30)14(33,34)16(37,38)18(42,43)44/h3,6H,1-2,4-5H2. The van der Waals surface area contributed by atoms with Crippen molar-refractivity contribution < 1.29 is 119 Å². The van der Waals surface area contributed by atoms with Gasteiger partial charge < -0.3 is 4.79 Å². The Labute approximate surface area is 229 Å². The molecule has 270 valence electrons. The first kappa shape index (κ1) is 42.9. The molecule has 0 rings (SSSR count). The SMILES string of the molecule is O=CCCC(CC(F)(F)C(F)(F)C(F)(F)C(F)(F)C(F)(F)C(F)(F)F)CC(F)(F)C(F)(F)C(F)(F)C(F)(F)C(F)(F)C(F)(F)F. The third kappa shape index (κ3) is 6.41. The minimum Gasteiger partial charge on any atom is -0.303 e. The van der Waals surface area contributed by atoms with E-state index in [-0.39, 0.29) is 0 Å². The lowest BCUT2D eigenvalue weighted by Gasteiger charge is -2.42. The third-order valence-electron chi connectivity index (χ3n) is 5.78. The Bertz CT molecular complexity index is 955. The van der Waals surface area contributed by atoms with Crippen molar-refractivity contribution in [3.63, 3.8) is 0 Å². The molecular weight excluding hydrogens is 726 g/mol. The zero-order valence-corrected chi connectivity index (χ0v) is 20.2. The van der Waals surface area contributed by atoms with Crippen LogP contribution in [-0.4, -0.2) is 77.9 Å². The van der Waals surface area contributed by atoms with Crippen molar-refractivity contribution in [1.29, 1.82) is 0 Å². The topological polar surface area (TPSA) is 17.1 Å². The Kier molecular flexibility index (Phi) is 11.0. The molecule has 0 aliphatic carbocycles. The highest BCUT2D eigenvalue weighted by Gasteiger charge is 2.92. The Morgan fingerprint density at radius 1 is 0.356 bits per heavy atom. The van der Waals surface area contributed by atoms with E-state index in [1.54, 1.807) is 0 Å². The summed E-state index contributed by atoms with van der Waals surface area (Å²) in [5.74, 6) is -86.1. The number of halogens is 26. The number of rotatable bonds is 15. The molecule has 0 saturated heterocycles. The molecule has 1 nitrogen and oxygen atoms in total. The number of carbonyl (C=O) groups excluding carboxylic acids is 1. The minimum atomic E-state index is -8.58. The molecule has 0 radical (unpaired) electrons. The Morgan fingerprint density at radius 3 is 0.778 bits per heavy atom. The fourth-order valence-corrected chi connectivity index (χ4v) is 3.17. The van der Waals surface area contributed by atoms with Gasteiger partial charge in [-0.1, -0.05) is 0 Å². The average Bonchev–Trinajstić information content (AvgIpc) is 2.79. The first-order valence-electron chi connectivity index (χ1n) is 10.5. The molecule has 0 spiro atoms. The molecule has 0 unspecified atom stereocenters. The lowest BCUT2D eigenvalue weighted by atomic mass is 9.82. The summed E-state index contributed by atoms with van der Waals surface area (Å²) in [5, 5.41) is 0. The molecule has 0 heterocycles. The van der Waals surface area contributed by atoms with Crippen LogP contribution in [0.4, 0.5) is 114 Å². The molecule has 0 aromatic rings. The van der Waals surface area contributed by atoms with Crippen LogP contribution in [0.5, 0.6) is 0 Å². The Morgan fingerprint density at radius 2 is 0.578 bits per heavy atom. The van der Waals surface area contributed by atoms with E-state index >= 15 is 0 Å². The van der Waals surface area contributed by atoms with Crippen molar-refractivity contribution in [3.05, 3.63) is 0 Å². The number of hydrogen-bond acceptors (Lipinski definition) is 1. The number of carbonyl (C=O) groups is 1. The van der Waals surface area contributed by atoms with Crippen molar-refractivity contribution in [2.24, 2.45) is 5.92 Å². The van der Waals surface area contributed by atoms with Crippen LogP contribution in [0.1, 0.15) is 25.7 Å². The van der Waals surface area contributed by atoms with Gasteiger partial charge >= 0.3 is 71.6 Å². The van der Waals surface area contributed by atoms with Crippen molar-refractivity contribution >= 4 is 6.29 Å². The maximum atomic E-state index is 14.1. The number of alkyl halides is 26.